The highest BCUT2D eigenvalue weighted by Gasteiger charge is 2.17. The van der Waals surface area contributed by atoms with E-state index in [1.807, 2.05) is 38.2 Å². The molecule has 0 aromatic carbocycles. The standard InChI is InChI=1S/C12H14ClN3O/c1-12(2,8-17)15-11(13)9-7-14-16-6-4-3-5-10(9)16/h3-7,17H,8H2,1-2H3. The molecule has 0 radical (unpaired) electrons. The molecule has 0 bridgehead atoms. The highest BCUT2D eigenvalue weighted by molar-refractivity contribution is 6.70. The maximum absolute atomic E-state index is 9.17. The second-order valence-corrected chi connectivity index (χ2v) is 4.82. The van der Waals surface area contributed by atoms with Crippen molar-refractivity contribution in [1.29, 1.82) is 0 Å². The maximum atomic E-state index is 9.17. The molecular weight excluding hydrogens is 238 g/mol. The first-order valence-corrected chi connectivity index (χ1v) is 5.70. The van der Waals surface area contributed by atoms with Crippen molar-refractivity contribution >= 4 is 22.3 Å². The predicted octanol–water partition coefficient (Wildman–Crippen LogP) is 2.09. The van der Waals surface area contributed by atoms with Crippen LogP contribution in [-0.2, 0) is 0 Å². The summed E-state index contributed by atoms with van der Waals surface area (Å²) in [6.45, 7) is 3.59. The van der Waals surface area contributed by atoms with Crippen LogP contribution in [0.2, 0.25) is 0 Å². The topological polar surface area (TPSA) is 49.9 Å². The van der Waals surface area contributed by atoms with Gasteiger partial charge in [-0.2, -0.15) is 5.10 Å². The maximum Gasteiger partial charge on any atom is 0.135 e. The number of hydrogen-bond donors (Lipinski definition) is 1. The highest BCUT2D eigenvalue weighted by Crippen LogP contribution is 2.17. The molecule has 0 saturated carbocycles. The van der Waals surface area contributed by atoms with E-state index in [0.717, 1.165) is 11.1 Å². The van der Waals surface area contributed by atoms with Crippen molar-refractivity contribution in [3.8, 4) is 0 Å². The first-order chi connectivity index (χ1) is 8.03. The molecule has 0 aliphatic carbocycles. The van der Waals surface area contributed by atoms with Gasteiger partial charge in [0.2, 0.25) is 0 Å². The summed E-state index contributed by atoms with van der Waals surface area (Å²) in [7, 11) is 0. The summed E-state index contributed by atoms with van der Waals surface area (Å²) in [4.78, 5) is 4.30. The highest BCUT2D eigenvalue weighted by atomic mass is 35.5. The predicted molar refractivity (Wildman–Crippen MR) is 68.7 cm³/mol. The van der Waals surface area contributed by atoms with E-state index in [1.165, 1.54) is 0 Å². The number of hydrogen-bond acceptors (Lipinski definition) is 3. The number of aromatic nitrogens is 2. The van der Waals surface area contributed by atoms with Crippen LogP contribution in [-0.4, -0.2) is 32.0 Å². The Morgan fingerprint density at radius 1 is 1.53 bits per heavy atom. The van der Waals surface area contributed by atoms with Crippen molar-refractivity contribution in [1.82, 2.24) is 9.61 Å². The minimum atomic E-state index is -0.583. The summed E-state index contributed by atoms with van der Waals surface area (Å²) < 4.78 is 1.74. The summed E-state index contributed by atoms with van der Waals surface area (Å²) >= 11 is 6.18. The van der Waals surface area contributed by atoms with Gasteiger partial charge in [0.15, 0.2) is 0 Å². The van der Waals surface area contributed by atoms with Crippen molar-refractivity contribution < 1.29 is 5.11 Å². The molecule has 2 heterocycles. The molecule has 2 aromatic heterocycles. The molecule has 2 rings (SSSR count). The monoisotopic (exact) mass is 251 g/mol. The van der Waals surface area contributed by atoms with Crippen LogP contribution in [0.3, 0.4) is 0 Å². The molecular formula is C12H14ClN3O. The van der Waals surface area contributed by atoms with Gasteiger partial charge in [0, 0.05) is 6.20 Å². The molecule has 5 heteroatoms. The Kier molecular flexibility index (Phi) is 3.17. The van der Waals surface area contributed by atoms with Gasteiger partial charge in [0.05, 0.1) is 29.4 Å². The normalized spacial score (nSPS) is 13.3. The third-order valence-electron chi connectivity index (χ3n) is 2.44. The Morgan fingerprint density at radius 3 is 3.00 bits per heavy atom. The van der Waals surface area contributed by atoms with E-state index in [4.69, 9.17) is 16.7 Å². The lowest BCUT2D eigenvalue weighted by Crippen LogP contribution is -2.23. The molecule has 0 spiro atoms. The van der Waals surface area contributed by atoms with E-state index in [1.54, 1.807) is 10.7 Å². The molecule has 0 fully saturated rings. The minimum Gasteiger partial charge on any atom is -0.394 e. The summed E-state index contributed by atoms with van der Waals surface area (Å²) in [6, 6.07) is 5.74. The lowest BCUT2D eigenvalue weighted by Gasteiger charge is -2.16. The second-order valence-electron chi connectivity index (χ2n) is 4.46. The smallest absolute Gasteiger partial charge is 0.135 e. The average Bonchev–Trinajstić information content (AvgIpc) is 2.72. The number of pyridine rings is 1. The molecule has 0 saturated heterocycles. The molecule has 17 heavy (non-hydrogen) atoms. The van der Waals surface area contributed by atoms with Crippen molar-refractivity contribution in [3.63, 3.8) is 0 Å². The number of aliphatic hydroxyl groups excluding tert-OH is 1. The zero-order valence-corrected chi connectivity index (χ0v) is 10.5. The van der Waals surface area contributed by atoms with E-state index >= 15 is 0 Å². The van der Waals surface area contributed by atoms with Crippen LogP contribution in [0.4, 0.5) is 0 Å². The second kappa shape index (κ2) is 4.47. The van der Waals surface area contributed by atoms with Crippen LogP contribution in [0.25, 0.3) is 5.52 Å². The first kappa shape index (κ1) is 12.1. The van der Waals surface area contributed by atoms with Gasteiger partial charge in [-0.25, -0.2) is 4.52 Å². The van der Waals surface area contributed by atoms with Crippen molar-refractivity contribution in [3.05, 3.63) is 36.2 Å². The molecule has 0 aliphatic heterocycles. The zero-order valence-electron chi connectivity index (χ0n) is 9.76. The van der Waals surface area contributed by atoms with Crippen LogP contribution in [0.5, 0.6) is 0 Å². The number of rotatable bonds is 3. The van der Waals surface area contributed by atoms with Gasteiger partial charge in [-0.15, -0.1) is 0 Å². The third-order valence-corrected chi connectivity index (χ3v) is 2.72. The fraction of sp³-hybridized carbons (Fsp3) is 0.333. The van der Waals surface area contributed by atoms with Crippen molar-refractivity contribution in [2.24, 2.45) is 4.99 Å². The van der Waals surface area contributed by atoms with Crippen LogP contribution in [0, 0.1) is 0 Å². The summed E-state index contributed by atoms with van der Waals surface area (Å²) in [6.07, 6.45) is 3.52. The van der Waals surface area contributed by atoms with Gasteiger partial charge < -0.3 is 5.11 Å². The van der Waals surface area contributed by atoms with E-state index in [9.17, 15) is 0 Å². The zero-order chi connectivity index (χ0) is 12.5. The molecule has 0 aliphatic rings. The number of aliphatic imine (C=N–C) groups is 1. The van der Waals surface area contributed by atoms with Crippen molar-refractivity contribution in [2.45, 2.75) is 19.4 Å². The van der Waals surface area contributed by atoms with E-state index in [0.29, 0.717) is 5.17 Å². The molecule has 0 amide bonds. The number of fused-ring (bicyclic) bond motifs is 1. The van der Waals surface area contributed by atoms with Gasteiger partial charge in [0.1, 0.15) is 5.17 Å². The van der Waals surface area contributed by atoms with Crippen LogP contribution < -0.4 is 0 Å². The fourth-order valence-electron chi connectivity index (χ4n) is 1.45. The lowest BCUT2D eigenvalue weighted by molar-refractivity contribution is 0.223. The van der Waals surface area contributed by atoms with E-state index < -0.39 is 5.54 Å². The quantitative estimate of drug-likeness (QED) is 0.850. The Bertz CT molecular complexity index is 560. The molecule has 0 atom stereocenters. The van der Waals surface area contributed by atoms with Gasteiger partial charge in [-0.1, -0.05) is 17.7 Å². The molecule has 0 unspecified atom stereocenters. The Morgan fingerprint density at radius 2 is 2.29 bits per heavy atom. The van der Waals surface area contributed by atoms with E-state index in [2.05, 4.69) is 10.1 Å². The Hall–Kier alpha value is -1.39. The summed E-state index contributed by atoms with van der Waals surface area (Å²) in [5.74, 6) is 0. The molecule has 90 valence electrons. The fourth-order valence-corrected chi connectivity index (χ4v) is 1.83. The number of aliphatic hydroxyl groups is 1. The van der Waals surface area contributed by atoms with E-state index in [-0.39, 0.29) is 6.61 Å². The number of halogens is 1. The van der Waals surface area contributed by atoms with Crippen molar-refractivity contribution in [2.75, 3.05) is 6.61 Å². The minimum absolute atomic E-state index is 0.0531. The molecule has 1 N–H and O–H groups in total. The summed E-state index contributed by atoms with van der Waals surface area (Å²) in [5.41, 5.74) is 1.09. The Balaban J connectivity index is 2.47. The third kappa shape index (κ3) is 2.48. The van der Waals surface area contributed by atoms with Gasteiger partial charge in [-0.05, 0) is 26.0 Å². The van der Waals surface area contributed by atoms with Crippen LogP contribution in [0.15, 0.2) is 35.6 Å². The average molecular weight is 252 g/mol. The number of nitrogens with zero attached hydrogens (tertiary/aromatic N) is 3. The molecule has 4 nitrogen and oxygen atoms in total. The lowest BCUT2D eigenvalue weighted by atomic mass is 10.1. The SMILES string of the molecule is CC(C)(CO)N=C(Cl)c1cnn2ccccc12. The van der Waals surface area contributed by atoms with Crippen LogP contribution >= 0.6 is 11.6 Å². The van der Waals surface area contributed by atoms with Gasteiger partial charge in [0.25, 0.3) is 0 Å². The van der Waals surface area contributed by atoms with Gasteiger partial charge >= 0.3 is 0 Å². The summed E-state index contributed by atoms with van der Waals surface area (Å²) in [5, 5.41) is 13.7. The molecule has 2 aromatic rings. The van der Waals surface area contributed by atoms with Gasteiger partial charge in [-0.3, -0.25) is 4.99 Å². The first-order valence-electron chi connectivity index (χ1n) is 5.32. The Labute approximate surface area is 105 Å². The van der Waals surface area contributed by atoms with Crippen LogP contribution in [0.1, 0.15) is 19.4 Å². The largest absolute Gasteiger partial charge is 0.394 e.